The van der Waals surface area contributed by atoms with E-state index in [9.17, 15) is 17.3 Å². The van der Waals surface area contributed by atoms with Gasteiger partial charge in [-0.15, -0.1) is 0 Å². The maximum absolute atomic E-state index is 9.75. The van der Waals surface area contributed by atoms with Gasteiger partial charge in [-0.25, -0.2) is 0 Å². The van der Waals surface area contributed by atoms with E-state index >= 15 is 0 Å². The highest BCUT2D eigenvalue weighted by Crippen LogP contribution is 2.22. The van der Waals surface area contributed by atoms with Gasteiger partial charge in [0.05, 0.1) is 0 Å². The fourth-order valence-electron chi connectivity index (χ4n) is 2.24. The van der Waals surface area contributed by atoms with Crippen molar-refractivity contribution in [2.75, 3.05) is 18.0 Å². The van der Waals surface area contributed by atoms with Crippen LogP contribution in [0.3, 0.4) is 0 Å². The second kappa shape index (κ2) is 8.50. The van der Waals surface area contributed by atoms with Crippen LogP contribution in [0.25, 0.3) is 4.98 Å². The van der Waals surface area contributed by atoms with Crippen LogP contribution in [-0.4, -0.2) is 20.3 Å². The number of anilines is 1. The molecule has 0 saturated carbocycles. The zero-order valence-corrected chi connectivity index (χ0v) is 11.7. The molecule has 21 heavy (non-hydrogen) atoms. The molecule has 0 radical (unpaired) electrons. The fourth-order valence-corrected chi connectivity index (χ4v) is 2.24. The summed E-state index contributed by atoms with van der Waals surface area (Å²) in [4.78, 5) is 5.60. The predicted octanol–water partition coefficient (Wildman–Crippen LogP) is 5.24. The molecule has 0 spiro atoms. The van der Waals surface area contributed by atoms with Gasteiger partial charge < -0.3 is 22.2 Å². The molecule has 1 aromatic rings. The van der Waals surface area contributed by atoms with E-state index in [0.717, 1.165) is 13.1 Å². The average molecular weight is 303 g/mol. The molecule has 0 amide bonds. The molecule has 0 aromatic heterocycles. The molecule has 1 heterocycles. The Labute approximate surface area is 121 Å². The van der Waals surface area contributed by atoms with Crippen LogP contribution in [0, 0.1) is 5.39 Å². The number of diazo groups is 1. The molecular formula is C13H18BF4N3. The van der Waals surface area contributed by atoms with E-state index in [4.69, 9.17) is 5.39 Å². The van der Waals surface area contributed by atoms with Crippen molar-refractivity contribution < 1.29 is 17.3 Å². The molecule has 2 rings (SSSR count). The van der Waals surface area contributed by atoms with Gasteiger partial charge in [-0.1, -0.05) is 19.3 Å². The van der Waals surface area contributed by atoms with Crippen molar-refractivity contribution in [2.45, 2.75) is 32.1 Å². The van der Waals surface area contributed by atoms with Crippen molar-refractivity contribution in [1.29, 1.82) is 5.39 Å². The first-order chi connectivity index (χ1) is 9.90. The van der Waals surface area contributed by atoms with E-state index < -0.39 is 7.25 Å². The first kappa shape index (κ1) is 17.3. The predicted molar refractivity (Wildman–Crippen MR) is 76.7 cm³/mol. The van der Waals surface area contributed by atoms with E-state index in [1.165, 1.54) is 37.8 Å². The molecule has 1 aromatic carbocycles. The Hall–Kier alpha value is -1.78. The molecule has 8 heteroatoms. The second-order valence-electron chi connectivity index (χ2n) is 4.87. The van der Waals surface area contributed by atoms with Gasteiger partial charge in [0.15, 0.2) is 4.98 Å². The number of nitrogens with zero attached hydrogens (tertiary/aromatic N) is 3. The van der Waals surface area contributed by atoms with Crippen LogP contribution in [0.4, 0.5) is 28.6 Å². The fraction of sp³-hybridized carbons (Fsp3) is 0.538. The van der Waals surface area contributed by atoms with Crippen molar-refractivity contribution >= 4 is 18.6 Å². The third-order valence-electron chi connectivity index (χ3n) is 3.19. The Morgan fingerprint density at radius 2 is 1.29 bits per heavy atom. The smallest absolute Gasteiger partial charge is 0.418 e. The van der Waals surface area contributed by atoms with Gasteiger partial charge in [-0.2, -0.15) is 0 Å². The summed E-state index contributed by atoms with van der Waals surface area (Å²) >= 11 is 0. The Morgan fingerprint density at radius 1 is 0.857 bits per heavy atom. The van der Waals surface area contributed by atoms with Gasteiger partial charge in [0, 0.05) is 30.9 Å². The first-order valence-electron chi connectivity index (χ1n) is 6.97. The number of benzene rings is 1. The molecule has 0 aliphatic carbocycles. The van der Waals surface area contributed by atoms with Gasteiger partial charge in [-0.05, 0) is 25.0 Å². The minimum absolute atomic E-state index is 0.621. The first-order valence-corrected chi connectivity index (χ1v) is 6.97. The number of hydrogen-bond acceptors (Lipinski definition) is 2. The monoisotopic (exact) mass is 303 g/mol. The van der Waals surface area contributed by atoms with Crippen LogP contribution in [0.15, 0.2) is 24.3 Å². The van der Waals surface area contributed by atoms with E-state index in [0.29, 0.717) is 5.69 Å². The SMILES string of the molecule is F[B-](F)(F)F.N#[N+]c1ccc(N2CCCCCCC2)cc1. The molecule has 1 saturated heterocycles. The summed E-state index contributed by atoms with van der Waals surface area (Å²) in [5, 5.41) is 8.63. The Kier molecular flexibility index (Phi) is 6.99. The van der Waals surface area contributed by atoms with E-state index in [2.05, 4.69) is 9.88 Å². The van der Waals surface area contributed by atoms with Gasteiger partial charge in [-0.3, -0.25) is 0 Å². The Balaban J connectivity index is 0.000000383. The second-order valence-corrected chi connectivity index (χ2v) is 4.87. The summed E-state index contributed by atoms with van der Waals surface area (Å²) in [6.07, 6.45) is 6.65. The summed E-state index contributed by atoms with van der Waals surface area (Å²) in [6, 6.07) is 7.79. The third kappa shape index (κ3) is 8.18. The van der Waals surface area contributed by atoms with Crippen LogP contribution < -0.4 is 4.90 Å². The van der Waals surface area contributed by atoms with Gasteiger partial charge in [0.2, 0.25) is 5.39 Å². The van der Waals surface area contributed by atoms with Gasteiger partial charge in [0.1, 0.15) is 0 Å². The van der Waals surface area contributed by atoms with Crippen LogP contribution >= 0.6 is 0 Å². The van der Waals surface area contributed by atoms with Crippen molar-refractivity contribution in [3.05, 3.63) is 29.2 Å². The van der Waals surface area contributed by atoms with Crippen molar-refractivity contribution in [1.82, 2.24) is 0 Å². The lowest BCUT2D eigenvalue weighted by Crippen LogP contribution is -2.26. The highest BCUT2D eigenvalue weighted by Gasteiger charge is 2.20. The molecule has 1 aliphatic rings. The summed E-state index contributed by atoms with van der Waals surface area (Å²) in [7, 11) is -6.00. The average Bonchev–Trinajstić information content (AvgIpc) is 2.37. The normalized spacial score (nSPS) is 16.0. The third-order valence-corrected chi connectivity index (χ3v) is 3.19. The van der Waals surface area contributed by atoms with E-state index in [1.807, 2.05) is 24.3 Å². The van der Waals surface area contributed by atoms with Gasteiger partial charge >= 0.3 is 12.9 Å². The molecule has 0 bridgehead atoms. The minimum atomic E-state index is -6.00. The van der Waals surface area contributed by atoms with E-state index in [1.54, 1.807) is 0 Å². The highest BCUT2D eigenvalue weighted by atomic mass is 19.5. The zero-order chi connectivity index (χ0) is 15.7. The van der Waals surface area contributed by atoms with Crippen LogP contribution in [0.5, 0.6) is 0 Å². The standard InChI is InChI=1S/C13H18N3.BF4/c14-15-12-6-8-13(9-7-12)16-10-4-2-1-3-5-11-16;2-1(3,4)5/h6-9H,1-5,10-11H2;/q+1;-1. The minimum Gasteiger partial charge on any atom is -0.418 e. The molecule has 0 N–H and O–H groups in total. The summed E-state index contributed by atoms with van der Waals surface area (Å²) < 4.78 is 39.0. The van der Waals surface area contributed by atoms with Crippen LogP contribution in [-0.2, 0) is 0 Å². The number of rotatable bonds is 1. The molecule has 3 nitrogen and oxygen atoms in total. The van der Waals surface area contributed by atoms with Gasteiger partial charge in [0.25, 0.3) is 0 Å². The van der Waals surface area contributed by atoms with Crippen LogP contribution in [0.2, 0.25) is 0 Å². The highest BCUT2D eigenvalue weighted by molar-refractivity contribution is 6.50. The van der Waals surface area contributed by atoms with Crippen molar-refractivity contribution in [3.8, 4) is 0 Å². The maximum Gasteiger partial charge on any atom is 0.673 e. The molecule has 0 unspecified atom stereocenters. The summed E-state index contributed by atoms with van der Waals surface area (Å²) in [5.74, 6) is 0. The summed E-state index contributed by atoms with van der Waals surface area (Å²) in [5.41, 5.74) is 1.87. The molecule has 1 aliphatic heterocycles. The largest absolute Gasteiger partial charge is 0.673 e. The van der Waals surface area contributed by atoms with Crippen LogP contribution in [0.1, 0.15) is 32.1 Å². The molecule has 116 valence electrons. The maximum atomic E-state index is 9.75. The number of hydrogen-bond donors (Lipinski definition) is 0. The topological polar surface area (TPSA) is 31.4 Å². The molecule has 0 atom stereocenters. The molecular weight excluding hydrogens is 285 g/mol. The quantitative estimate of drug-likeness (QED) is 0.403. The van der Waals surface area contributed by atoms with E-state index in [-0.39, 0.29) is 0 Å². The van der Waals surface area contributed by atoms with Crippen molar-refractivity contribution in [2.24, 2.45) is 0 Å². The Bertz CT molecular complexity index is 442. The lowest BCUT2D eigenvalue weighted by atomic mass is 10.1. The number of halogens is 4. The van der Waals surface area contributed by atoms with Crippen molar-refractivity contribution in [3.63, 3.8) is 0 Å². The lowest BCUT2D eigenvalue weighted by Gasteiger charge is -2.26. The summed E-state index contributed by atoms with van der Waals surface area (Å²) in [6.45, 7) is 2.30. The molecule has 1 fully saturated rings. The lowest BCUT2D eigenvalue weighted by molar-refractivity contribution is 0.368. The zero-order valence-electron chi connectivity index (χ0n) is 11.7. The Morgan fingerprint density at radius 3 is 1.71 bits per heavy atom.